The van der Waals surface area contributed by atoms with Crippen molar-refractivity contribution in [2.45, 2.75) is 32.5 Å². The van der Waals surface area contributed by atoms with Crippen molar-refractivity contribution in [2.75, 3.05) is 20.3 Å². The first kappa shape index (κ1) is 21.2. The van der Waals surface area contributed by atoms with E-state index in [4.69, 9.17) is 24.0 Å². The van der Waals surface area contributed by atoms with Gasteiger partial charge in [0.2, 0.25) is 6.23 Å². The molecule has 0 spiro atoms. The zero-order chi connectivity index (χ0) is 22.8. The van der Waals surface area contributed by atoms with E-state index in [0.717, 1.165) is 51.8 Å². The summed E-state index contributed by atoms with van der Waals surface area (Å²) in [5.41, 5.74) is 4.21. The number of benzene rings is 3. The molecule has 2 unspecified atom stereocenters. The Kier molecular flexibility index (Phi) is 5.82. The lowest BCUT2D eigenvalue weighted by molar-refractivity contribution is -0.0209. The fourth-order valence-electron chi connectivity index (χ4n) is 4.44. The van der Waals surface area contributed by atoms with Crippen LogP contribution in [0.15, 0.2) is 71.8 Å². The van der Waals surface area contributed by atoms with Gasteiger partial charge in [-0.25, -0.2) is 5.01 Å². The minimum atomic E-state index is -0.366. The van der Waals surface area contributed by atoms with Crippen LogP contribution in [-0.4, -0.2) is 31.0 Å². The van der Waals surface area contributed by atoms with Crippen LogP contribution in [-0.2, 0) is 0 Å². The first-order valence-corrected chi connectivity index (χ1v) is 11.4. The van der Waals surface area contributed by atoms with Gasteiger partial charge in [-0.1, -0.05) is 12.1 Å². The van der Waals surface area contributed by atoms with Gasteiger partial charge in [0.1, 0.15) is 11.5 Å². The standard InChI is InChI=1S/C27H28N2O4/c1-4-31-20-13-9-18(10-14-20)23-17-24-22-7-6-8-25(30-3)26(22)33-27(29(24)28-23)19-11-15-21(16-12-19)32-5-2/h6-16,24,27H,4-5,17H2,1-3H3. The third-order valence-electron chi connectivity index (χ3n) is 5.98. The molecule has 2 aliphatic heterocycles. The maximum Gasteiger partial charge on any atom is 0.214 e. The van der Waals surface area contributed by atoms with Gasteiger partial charge in [-0.15, -0.1) is 0 Å². The largest absolute Gasteiger partial charge is 0.494 e. The summed E-state index contributed by atoms with van der Waals surface area (Å²) < 4.78 is 23.4. The zero-order valence-electron chi connectivity index (χ0n) is 19.2. The van der Waals surface area contributed by atoms with Gasteiger partial charge in [0.05, 0.1) is 32.1 Å². The first-order valence-electron chi connectivity index (χ1n) is 11.4. The van der Waals surface area contributed by atoms with Crippen molar-refractivity contribution in [2.24, 2.45) is 5.10 Å². The highest BCUT2D eigenvalue weighted by molar-refractivity contribution is 6.02. The van der Waals surface area contributed by atoms with Gasteiger partial charge in [0, 0.05) is 17.5 Å². The molecule has 33 heavy (non-hydrogen) atoms. The van der Waals surface area contributed by atoms with E-state index in [2.05, 4.69) is 23.2 Å². The Morgan fingerprint density at radius 1 is 0.909 bits per heavy atom. The Hall–Kier alpha value is -3.67. The van der Waals surface area contributed by atoms with Gasteiger partial charge < -0.3 is 18.9 Å². The molecule has 0 radical (unpaired) electrons. The fourth-order valence-corrected chi connectivity index (χ4v) is 4.44. The van der Waals surface area contributed by atoms with Crippen molar-refractivity contribution >= 4 is 5.71 Å². The number of hydrazone groups is 1. The van der Waals surface area contributed by atoms with Crippen LogP contribution in [0, 0.1) is 0 Å². The highest BCUT2D eigenvalue weighted by Crippen LogP contribution is 2.50. The molecule has 0 N–H and O–H groups in total. The average Bonchev–Trinajstić information content (AvgIpc) is 3.30. The molecule has 0 bridgehead atoms. The van der Waals surface area contributed by atoms with Crippen molar-refractivity contribution in [3.05, 3.63) is 83.4 Å². The van der Waals surface area contributed by atoms with Crippen LogP contribution < -0.4 is 18.9 Å². The molecule has 0 aromatic heterocycles. The number of para-hydroxylation sites is 1. The van der Waals surface area contributed by atoms with Gasteiger partial charge in [-0.3, -0.25) is 0 Å². The average molecular weight is 445 g/mol. The number of fused-ring (bicyclic) bond motifs is 3. The molecule has 170 valence electrons. The summed E-state index contributed by atoms with van der Waals surface area (Å²) >= 11 is 0. The van der Waals surface area contributed by atoms with Crippen molar-refractivity contribution in [3.63, 3.8) is 0 Å². The predicted molar refractivity (Wildman–Crippen MR) is 127 cm³/mol. The third kappa shape index (κ3) is 3.97. The Bertz CT molecular complexity index is 1140. The van der Waals surface area contributed by atoms with Crippen LogP contribution in [0.5, 0.6) is 23.0 Å². The molecule has 0 saturated heterocycles. The van der Waals surface area contributed by atoms with E-state index >= 15 is 0 Å². The van der Waals surface area contributed by atoms with Gasteiger partial charge in [0.15, 0.2) is 11.5 Å². The van der Waals surface area contributed by atoms with Gasteiger partial charge in [-0.2, -0.15) is 5.10 Å². The van der Waals surface area contributed by atoms with Crippen molar-refractivity contribution in [3.8, 4) is 23.0 Å². The van der Waals surface area contributed by atoms with Crippen molar-refractivity contribution in [1.82, 2.24) is 5.01 Å². The summed E-state index contributed by atoms with van der Waals surface area (Å²) in [6.45, 7) is 5.25. The Balaban J connectivity index is 1.53. The van der Waals surface area contributed by atoms with Crippen molar-refractivity contribution in [1.29, 1.82) is 0 Å². The van der Waals surface area contributed by atoms with Gasteiger partial charge >= 0.3 is 0 Å². The highest BCUT2D eigenvalue weighted by atomic mass is 16.5. The minimum absolute atomic E-state index is 0.0574. The quantitative estimate of drug-likeness (QED) is 0.465. The van der Waals surface area contributed by atoms with Crippen LogP contribution >= 0.6 is 0 Å². The zero-order valence-corrected chi connectivity index (χ0v) is 19.2. The molecular formula is C27H28N2O4. The molecule has 0 aliphatic carbocycles. The second-order valence-corrected chi connectivity index (χ2v) is 7.95. The molecule has 2 aliphatic rings. The molecule has 0 saturated carbocycles. The summed E-state index contributed by atoms with van der Waals surface area (Å²) in [5, 5.41) is 7.11. The van der Waals surface area contributed by atoms with Crippen LogP contribution in [0.3, 0.4) is 0 Å². The van der Waals surface area contributed by atoms with E-state index in [1.54, 1.807) is 7.11 Å². The molecule has 5 rings (SSSR count). The smallest absolute Gasteiger partial charge is 0.214 e. The normalized spacial score (nSPS) is 18.6. The molecule has 6 heteroatoms. The molecule has 3 aromatic rings. The molecule has 6 nitrogen and oxygen atoms in total. The molecule has 3 aromatic carbocycles. The number of rotatable bonds is 7. The summed E-state index contributed by atoms with van der Waals surface area (Å²) in [5.74, 6) is 3.22. The maximum absolute atomic E-state index is 6.52. The monoisotopic (exact) mass is 444 g/mol. The molecule has 0 fully saturated rings. The van der Waals surface area contributed by atoms with Gasteiger partial charge in [-0.05, 0) is 74.0 Å². The van der Waals surface area contributed by atoms with Crippen molar-refractivity contribution < 1.29 is 18.9 Å². The Morgan fingerprint density at radius 3 is 2.21 bits per heavy atom. The number of hydrogen-bond donors (Lipinski definition) is 0. The predicted octanol–water partition coefficient (Wildman–Crippen LogP) is 5.73. The van der Waals surface area contributed by atoms with E-state index in [0.29, 0.717) is 13.2 Å². The topological polar surface area (TPSA) is 52.5 Å². The second-order valence-electron chi connectivity index (χ2n) is 7.95. The Morgan fingerprint density at radius 2 is 1.58 bits per heavy atom. The first-order chi connectivity index (χ1) is 16.2. The van der Waals surface area contributed by atoms with Crippen LogP contribution in [0.1, 0.15) is 49.2 Å². The molecule has 0 amide bonds. The lowest BCUT2D eigenvalue weighted by Crippen LogP contribution is -2.33. The highest BCUT2D eigenvalue weighted by Gasteiger charge is 2.42. The van der Waals surface area contributed by atoms with Gasteiger partial charge in [0.25, 0.3) is 0 Å². The number of hydrogen-bond acceptors (Lipinski definition) is 6. The summed E-state index contributed by atoms with van der Waals surface area (Å²) in [7, 11) is 1.67. The summed E-state index contributed by atoms with van der Waals surface area (Å²) in [4.78, 5) is 0. The number of nitrogens with zero attached hydrogens (tertiary/aromatic N) is 2. The molecular weight excluding hydrogens is 416 g/mol. The molecule has 2 heterocycles. The lowest BCUT2D eigenvalue weighted by atomic mass is 9.95. The van der Waals surface area contributed by atoms with E-state index in [1.165, 1.54) is 0 Å². The maximum atomic E-state index is 6.52. The molecule has 2 atom stereocenters. The van der Waals surface area contributed by atoms with Crippen LogP contribution in [0.4, 0.5) is 0 Å². The Labute approximate surface area is 194 Å². The third-order valence-corrected chi connectivity index (χ3v) is 5.98. The summed E-state index contributed by atoms with van der Waals surface area (Å²) in [6.07, 6.45) is 0.417. The van der Waals surface area contributed by atoms with E-state index in [9.17, 15) is 0 Å². The van der Waals surface area contributed by atoms with E-state index in [-0.39, 0.29) is 12.3 Å². The van der Waals surface area contributed by atoms with Crippen LogP contribution in [0.2, 0.25) is 0 Å². The number of methoxy groups -OCH3 is 1. The SMILES string of the molecule is CCOc1ccc(C2=NN3C(C2)c2cccc(OC)c2OC3c2ccc(OCC)cc2)cc1. The summed E-state index contributed by atoms with van der Waals surface area (Å²) in [6, 6.07) is 22.3. The lowest BCUT2D eigenvalue weighted by Gasteiger charge is -2.38. The minimum Gasteiger partial charge on any atom is -0.494 e. The number of ether oxygens (including phenoxy) is 4. The fraction of sp³-hybridized carbons (Fsp3) is 0.296. The van der Waals surface area contributed by atoms with E-state index < -0.39 is 0 Å². The van der Waals surface area contributed by atoms with E-state index in [1.807, 2.05) is 62.4 Å². The second kappa shape index (κ2) is 9.06. The van der Waals surface area contributed by atoms with Crippen LogP contribution in [0.25, 0.3) is 0 Å².